The van der Waals surface area contributed by atoms with E-state index in [4.69, 9.17) is 4.98 Å². The maximum atomic E-state index is 4.97. The number of rotatable bonds is 8. The van der Waals surface area contributed by atoms with Gasteiger partial charge in [-0.3, -0.25) is 4.98 Å². The first-order valence-electron chi connectivity index (χ1n) is 10.9. The molecule has 1 unspecified atom stereocenters. The Balaban J connectivity index is 1.34. The molecule has 1 fully saturated rings. The molecule has 3 heterocycles. The Morgan fingerprint density at radius 1 is 1.07 bits per heavy atom. The molecule has 1 atom stereocenters. The van der Waals surface area contributed by atoms with E-state index < -0.39 is 0 Å². The number of aromatic nitrogens is 3. The van der Waals surface area contributed by atoms with Gasteiger partial charge in [0.05, 0.1) is 11.4 Å². The number of benzene rings is 1. The van der Waals surface area contributed by atoms with E-state index in [1.54, 1.807) is 11.8 Å². The molecule has 0 N–H and O–H groups in total. The summed E-state index contributed by atoms with van der Waals surface area (Å²) in [5, 5.41) is 0.863. The summed E-state index contributed by atoms with van der Waals surface area (Å²) in [5.74, 6) is 1.31. The standard InChI is InChI=1S/C25H30N4S/c1-20-17-27-25(30-19-23-13-5-6-14-26-23)28-24(20)22-12-8-16-29(18-22)15-7-11-21-9-3-2-4-10-21/h2-6,9-10,13-14,17,22H,7-8,11-12,15-16,18-19H2,1H3. The molecule has 5 heteroatoms. The van der Waals surface area contributed by atoms with Crippen molar-refractivity contribution >= 4 is 11.8 Å². The fourth-order valence-corrected chi connectivity index (χ4v) is 4.91. The monoisotopic (exact) mass is 418 g/mol. The van der Waals surface area contributed by atoms with Gasteiger partial charge in [-0.25, -0.2) is 9.97 Å². The van der Waals surface area contributed by atoms with E-state index in [2.05, 4.69) is 58.2 Å². The molecule has 0 bridgehead atoms. The van der Waals surface area contributed by atoms with Crippen LogP contribution in [-0.2, 0) is 12.2 Å². The minimum absolute atomic E-state index is 0.507. The van der Waals surface area contributed by atoms with Crippen LogP contribution in [-0.4, -0.2) is 39.5 Å². The van der Waals surface area contributed by atoms with Crippen molar-refractivity contribution in [1.29, 1.82) is 0 Å². The Bertz CT molecular complexity index is 917. The SMILES string of the molecule is Cc1cnc(SCc2ccccn2)nc1C1CCCN(CCCc2ccccc2)C1. The van der Waals surface area contributed by atoms with Crippen LogP contribution in [0.4, 0.5) is 0 Å². The van der Waals surface area contributed by atoms with Gasteiger partial charge in [0.15, 0.2) is 5.16 Å². The molecule has 0 spiro atoms. The molecule has 156 valence electrons. The van der Waals surface area contributed by atoms with Crippen LogP contribution in [0.15, 0.2) is 66.1 Å². The molecule has 0 aliphatic carbocycles. The van der Waals surface area contributed by atoms with Gasteiger partial charge in [0.2, 0.25) is 0 Å². The Morgan fingerprint density at radius 2 is 1.93 bits per heavy atom. The first kappa shape index (κ1) is 21.0. The zero-order valence-electron chi connectivity index (χ0n) is 17.7. The third-order valence-corrected chi connectivity index (χ3v) is 6.63. The second kappa shape index (κ2) is 10.7. The van der Waals surface area contributed by atoms with Crippen molar-refractivity contribution in [3.05, 3.63) is 83.4 Å². The molecule has 0 saturated carbocycles. The molecular formula is C25H30N4S. The largest absolute Gasteiger partial charge is 0.303 e. The van der Waals surface area contributed by atoms with Gasteiger partial charge in [0, 0.05) is 30.6 Å². The quantitative estimate of drug-likeness (QED) is 0.367. The van der Waals surface area contributed by atoms with E-state index >= 15 is 0 Å². The van der Waals surface area contributed by atoms with Crippen LogP contribution in [0.3, 0.4) is 0 Å². The zero-order valence-corrected chi connectivity index (χ0v) is 18.5. The maximum Gasteiger partial charge on any atom is 0.188 e. The third-order valence-electron chi connectivity index (χ3n) is 5.74. The normalized spacial score (nSPS) is 17.2. The van der Waals surface area contributed by atoms with Crippen molar-refractivity contribution in [3.8, 4) is 0 Å². The van der Waals surface area contributed by atoms with Crippen molar-refractivity contribution in [2.24, 2.45) is 0 Å². The van der Waals surface area contributed by atoms with Gasteiger partial charge in [-0.1, -0.05) is 48.2 Å². The van der Waals surface area contributed by atoms with Crippen LogP contribution in [0.5, 0.6) is 0 Å². The Morgan fingerprint density at radius 3 is 2.77 bits per heavy atom. The number of hydrogen-bond acceptors (Lipinski definition) is 5. The summed E-state index contributed by atoms with van der Waals surface area (Å²) in [7, 11) is 0. The van der Waals surface area contributed by atoms with Crippen molar-refractivity contribution in [2.75, 3.05) is 19.6 Å². The summed E-state index contributed by atoms with van der Waals surface area (Å²) in [5.41, 5.74) is 4.96. The van der Waals surface area contributed by atoms with E-state index in [1.807, 2.05) is 24.5 Å². The summed E-state index contributed by atoms with van der Waals surface area (Å²) < 4.78 is 0. The summed E-state index contributed by atoms with van der Waals surface area (Å²) in [6.07, 6.45) is 8.67. The molecule has 0 radical (unpaired) electrons. The maximum absolute atomic E-state index is 4.97. The predicted octanol–water partition coefficient (Wildman–Crippen LogP) is 5.28. The molecule has 2 aromatic heterocycles. The van der Waals surface area contributed by atoms with Crippen LogP contribution < -0.4 is 0 Å². The molecule has 30 heavy (non-hydrogen) atoms. The van der Waals surface area contributed by atoms with Crippen LogP contribution in [0.2, 0.25) is 0 Å². The molecular weight excluding hydrogens is 388 g/mol. The lowest BCUT2D eigenvalue weighted by Gasteiger charge is -2.33. The fourth-order valence-electron chi connectivity index (χ4n) is 4.18. The highest BCUT2D eigenvalue weighted by molar-refractivity contribution is 7.98. The fraction of sp³-hybridized carbons (Fsp3) is 0.400. The topological polar surface area (TPSA) is 41.9 Å². The number of piperidine rings is 1. The Hall–Kier alpha value is -2.24. The second-order valence-corrected chi connectivity index (χ2v) is 9.00. The van der Waals surface area contributed by atoms with E-state index in [0.717, 1.165) is 36.1 Å². The molecule has 3 aromatic rings. The molecule has 0 amide bonds. The van der Waals surface area contributed by atoms with Gasteiger partial charge in [-0.15, -0.1) is 0 Å². The average Bonchev–Trinajstić information content (AvgIpc) is 2.80. The second-order valence-electron chi connectivity index (χ2n) is 8.06. The summed E-state index contributed by atoms with van der Waals surface area (Å²) in [4.78, 5) is 16.6. The van der Waals surface area contributed by atoms with Crippen molar-refractivity contribution in [3.63, 3.8) is 0 Å². The van der Waals surface area contributed by atoms with Crippen LogP contribution in [0, 0.1) is 6.92 Å². The lowest BCUT2D eigenvalue weighted by atomic mass is 9.92. The van der Waals surface area contributed by atoms with E-state index in [0.29, 0.717) is 5.92 Å². The molecule has 1 saturated heterocycles. The number of pyridine rings is 1. The van der Waals surface area contributed by atoms with Gasteiger partial charge in [0.1, 0.15) is 0 Å². The van der Waals surface area contributed by atoms with Crippen molar-refractivity contribution in [1.82, 2.24) is 19.9 Å². The number of hydrogen-bond donors (Lipinski definition) is 0. The van der Waals surface area contributed by atoms with E-state index in [-0.39, 0.29) is 0 Å². The lowest BCUT2D eigenvalue weighted by molar-refractivity contribution is 0.203. The average molecular weight is 419 g/mol. The summed E-state index contributed by atoms with van der Waals surface area (Å²) in [6, 6.07) is 16.8. The molecule has 1 aliphatic rings. The van der Waals surface area contributed by atoms with Crippen LogP contribution in [0.1, 0.15) is 47.7 Å². The first-order chi connectivity index (χ1) is 14.8. The lowest BCUT2D eigenvalue weighted by Crippen LogP contribution is -2.35. The highest BCUT2D eigenvalue weighted by Gasteiger charge is 2.24. The number of nitrogens with zero attached hydrogens (tertiary/aromatic N) is 4. The third kappa shape index (κ3) is 5.89. The molecule has 1 aromatic carbocycles. The minimum atomic E-state index is 0.507. The molecule has 4 nitrogen and oxygen atoms in total. The Labute approximate surface area is 184 Å². The zero-order chi connectivity index (χ0) is 20.6. The predicted molar refractivity (Wildman–Crippen MR) is 124 cm³/mol. The van der Waals surface area contributed by atoms with Crippen LogP contribution in [0.25, 0.3) is 0 Å². The number of likely N-dealkylation sites (tertiary alicyclic amines) is 1. The smallest absolute Gasteiger partial charge is 0.188 e. The van der Waals surface area contributed by atoms with Crippen molar-refractivity contribution < 1.29 is 0 Å². The highest BCUT2D eigenvalue weighted by Crippen LogP contribution is 2.29. The number of thioether (sulfide) groups is 1. The Kier molecular flexibility index (Phi) is 7.49. The van der Waals surface area contributed by atoms with Gasteiger partial charge in [-0.2, -0.15) is 0 Å². The summed E-state index contributed by atoms with van der Waals surface area (Å²) >= 11 is 1.67. The van der Waals surface area contributed by atoms with Gasteiger partial charge < -0.3 is 4.90 Å². The van der Waals surface area contributed by atoms with E-state index in [9.17, 15) is 0 Å². The van der Waals surface area contributed by atoms with Crippen molar-refractivity contribution in [2.45, 2.75) is 49.4 Å². The number of aryl methyl sites for hydroxylation is 2. The minimum Gasteiger partial charge on any atom is -0.303 e. The first-order valence-corrected chi connectivity index (χ1v) is 11.9. The van der Waals surface area contributed by atoms with Gasteiger partial charge >= 0.3 is 0 Å². The molecule has 4 rings (SSSR count). The van der Waals surface area contributed by atoms with Crippen LogP contribution >= 0.6 is 11.8 Å². The van der Waals surface area contributed by atoms with E-state index in [1.165, 1.54) is 42.6 Å². The van der Waals surface area contributed by atoms with Gasteiger partial charge in [-0.05, 0) is 69.0 Å². The highest BCUT2D eigenvalue weighted by atomic mass is 32.2. The summed E-state index contributed by atoms with van der Waals surface area (Å²) in [6.45, 7) is 5.63. The molecule has 1 aliphatic heterocycles. The van der Waals surface area contributed by atoms with Gasteiger partial charge in [0.25, 0.3) is 0 Å².